The first-order valence-corrected chi connectivity index (χ1v) is 12.8. The lowest BCUT2D eigenvalue weighted by Crippen LogP contribution is -2.42. The number of nitrogens with one attached hydrogen (secondary N) is 1. The minimum absolute atomic E-state index is 0.155. The number of carbonyl (C=O) groups excluding carboxylic acids is 1. The second kappa shape index (κ2) is 8.28. The smallest absolute Gasteiger partial charge is 0.281 e. The highest BCUT2D eigenvalue weighted by Crippen LogP contribution is 2.31. The molecule has 3 aromatic rings. The maximum Gasteiger partial charge on any atom is 0.281 e. The number of amides is 1. The summed E-state index contributed by atoms with van der Waals surface area (Å²) >= 11 is 4.29. The number of fused-ring (bicyclic) bond motifs is 2. The van der Waals surface area contributed by atoms with Gasteiger partial charge in [-0.25, -0.2) is 9.97 Å². The van der Waals surface area contributed by atoms with E-state index in [4.69, 9.17) is 0 Å². The number of hydrogen-bond donors (Lipinski definition) is 1. The molecule has 0 aliphatic carbocycles. The highest BCUT2D eigenvalue weighted by Gasteiger charge is 2.30. The largest absolute Gasteiger partial charge is 0.301 e. The van der Waals surface area contributed by atoms with Gasteiger partial charge in [-0.1, -0.05) is 23.9 Å². The van der Waals surface area contributed by atoms with Crippen LogP contribution in [0.4, 0.5) is 5.13 Å². The number of para-hydroxylation sites is 1. The predicted molar refractivity (Wildman–Crippen MR) is 118 cm³/mol. The van der Waals surface area contributed by atoms with E-state index in [9.17, 15) is 13.2 Å². The van der Waals surface area contributed by atoms with Gasteiger partial charge in [0.1, 0.15) is 0 Å². The van der Waals surface area contributed by atoms with Crippen LogP contribution in [0.15, 0.2) is 28.6 Å². The molecule has 0 saturated carbocycles. The Morgan fingerprint density at radius 3 is 2.83 bits per heavy atom. The van der Waals surface area contributed by atoms with Crippen molar-refractivity contribution in [2.24, 2.45) is 0 Å². The minimum Gasteiger partial charge on any atom is -0.301 e. The number of carbonyl (C=O) groups is 1. The van der Waals surface area contributed by atoms with Gasteiger partial charge in [0.25, 0.3) is 10.2 Å². The Morgan fingerprint density at radius 2 is 2.07 bits per heavy atom. The van der Waals surface area contributed by atoms with E-state index in [2.05, 4.69) is 15.3 Å². The molecule has 0 atom stereocenters. The Hall–Kier alpha value is -1.57. The van der Waals surface area contributed by atoms with Crippen molar-refractivity contribution in [1.29, 1.82) is 0 Å². The van der Waals surface area contributed by atoms with Gasteiger partial charge in [-0.3, -0.25) is 4.79 Å². The van der Waals surface area contributed by atoms with Gasteiger partial charge in [-0.15, -0.1) is 22.7 Å². The third-order valence-corrected chi connectivity index (χ3v) is 9.40. The Balaban J connectivity index is 1.37. The molecule has 3 heterocycles. The van der Waals surface area contributed by atoms with Crippen molar-refractivity contribution >= 4 is 65.9 Å². The van der Waals surface area contributed by atoms with Crippen LogP contribution in [0.5, 0.6) is 0 Å². The number of nitrogens with zero attached hydrogens (tertiary/aromatic N) is 4. The number of rotatable bonds is 6. The molecule has 1 aliphatic heterocycles. The van der Waals surface area contributed by atoms with E-state index in [1.165, 1.54) is 45.8 Å². The Labute approximate surface area is 181 Å². The number of thioether (sulfide) groups is 1. The van der Waals surface area contributed by atoms with E-state index in [0.29, 0.717) is 18.1 Å². The average molecular weight is 470 g/mol. The zero-order valence-corrected chi connectivity index (χ0v) is 19.1. The molecule has 0 unspecified atom stereocenters. The number of benzene rings is 1. The summed E-state index contributed by atoms with van der Waals surface area (Å²) in [5.41, 5.74) is 1.79. The summed E-state index contributed by atoms with van der Waals surface area (Å²) in [6, 6.07) is 7.88. The Bertz CT molecular complexity index is 1120. The molecular formula is C17H19N5O3S4. The molecule has 8 nitrogen and oxygen atoms in total. The van der Waals surface area contributed by atoms with Gasteiger partial charge in [0.2, 0.25) is 5.91 Å². The summed E-state index contributed by atoms with van der Waals surface area (Å²) in [4.78, 5) is 22.2. The lowest BCUT2D eigenvalue weighted by molar-refractivity contribution is -0.113. The molecule has 1 N–H and O–H groups in total. The standard InChI is InChI=1S/C17H19N5O3S4/c1-21(2)29(24,25)22-8-7-12-14(9-22)27-16(18-12)20-15(23)10-26-17-19-11-5-3-4-6-13(11)28-17/h3-6H,7-10H2,1-2H3,(H,18,20,23). The van der Waals surface area contributed by atoms with Gasteiger partial charge in [0.15, 0.2) is 9.47 Å². The third kappa shape index (κ3) is 4.47. The van der Waals surface area contributed by atoms with Crippen LogP contribution in [0.25, 0.3) is 10.2 Å². The van der Waals surface area contributed by atoms with Crippen LogP contribution in [-0.2, 0) is 28.0 Å². The number of aromatic nitrogens is 2. The second-order valence-corrected chi connectivity index (χ2v) is 12.0. The van der Waals surface area contributed by atoms with Crippen molar-refractivity contribution < 1.29 is 13.2 Å². The molecule has 29 heavy (non-hydrogen) atoms. The van der Waals surface area contributed by atoms with E-state index in [1.54, 1.807) is 11.3 Å². The fraction of sp³-hybridized carbons (Fsp3) is 0.353. The Kier molecular flexibility index (Phi) is 5.91. The van der Waals surface area contributed by atoms with Crippen LogP contribution in [0.3, 0.4) is 0 Å². The Morgan fingerprint density at radius 1 is 1.28 bits per heavy atom. The number of hydrogen-bond acceptors (Lipinski definition) is 8. The van der Waals surface area contributed by atoms with Gasteiger partial charge in [-0.05, 0) is 12.1 Å². The first-order valence-electron chi connectivity index (χ1n) is 8.77. The molecule has 0 spiro atoms. The van der Waals surface area contributed by atoms with Gasteiger partial charge >= 0.3 is 0 Å². The van der Waals surface area contributed by atoms with Crippen molar-refractivity contribution in [3.05, 3.63) is 34.8 Å². The minimum atomic E-state index is -3.46. The number of thiazole rings is 2. The molecule has 0 radical (unpaired) electrons. The summed E-state index contributed by atoms with van der Waals surface area (Å²) < 4.78 is 29.2. The van der Waals surface area contributed by atoms with Crippen LogP contribution < -0.4 is 5.32 Å². The molecular weight excluding hydrogens is 450 g/mol. The van der Waals surface area contributed by atoms with Crippen LogP contribution in [0.1, 0.15) is 10.6 Å². The molecule has 154 valence electrons. The lowest BCUT2D eigenvalue weighted by Gasteiger charge is -2.27. The van der Waals surface area contributed by atoms with Crippen LogP contribution in [-0.4, -0.2) is 59.3 Å². The van der Waals surface area contributed by atoms with Crippen LogP contribution >= 0.6 is 34.4 Å². The summed E-state index contributed by atoms with van der Waals surface area (Å²) in [6.07, 6.45) is 0.537. The average Bonchev–Trinajstić information content (AvgIpc) is 3.28. The molecule has 0 bridgehead atoms. The third-order valence-electron chi connectivity index (χ3n) is 4.33. The van der Waals surface area contributed by atoms with E-state index in [0.717, 1.165) is 25.1 Å². The van der Waals surface area contributed by atoms with Crippen molar-refractivity contribution in [2.75, 3.05) is 31.7 Å². The van der Waals surface area contributed by atoms with Crippen molar-refractivity contribution in [3.8, 4) is 0 Å². The molecule has 4 rings (SSSR count). The quantitative estimate of drug-likeness (QED) is 0.558. The summed E-state index contributed by atoms with van der Waals surface area (Å²) in [5, 5.41) is 3.33. The van der Waals surface area contributed by atoms with Crippen LogP contribution in [0, 0.1) is 0 Å². The van der Waals surface area contributed by atoms with Gasteiger partial charge < -0.3 is 5.32 Å². The fourth-order valence-corrected chi connectivity index (χ4v) is 6.92. The molecule has 2 aromatic heterocycles. The maximum absolute atomic E-state index is 12.3. The number of anilines is 1. The zero-order chi connectivity index (χ0) is 20.6. The molecule has 0 fully saturated rings. The first kappa shape index (κ1) is 20.7. The second-order valence-electron chi connectivity index (χ2n) is 6.55. The van der Waals surface area contributed by atoms with Crippen LogP contribution in [0.2, 0.25) is 0 Å². The van der Waals surface area contributed by atoms with Gasteiger partial charge in [0.05, 0.1) is 28.2 Å². The monoisotopic (exact) mass is 469 g/mol. The lowest BCUT2D eigenvalue weighted by atomic mass is 10.2. The van der Waals surface area contributed by atoms with E-state index in [1.807, 2.05) is 24.3 Å². The zero-order valence-electron chi connectivity index (χ0n) is 15.8. The molecule has 1 aromatic carbocycles. The molecule has 12 heteroatoms. The van der Waals surface area contributed by atoms with Crippen molar-refractivity contribution in [1.82, 2.24) is 18.6 Å². The SMILES string of the molecule is CN(C)S(=O)(=O)N1CCc2nc(NC(=O)CSc3nc4ccccc4s3)sc2C1. The highest BCUT2D eigenvalue weighted by atomic mass is 32.2. The predicted octanol–water partition coefficient (Wildman–Crippen LogP) is 2.65. The maximum atomic E-state index is 12.3. The van der Waals surface area contributed by atoms with Gasteiger partial charge in [-0.2, -0.15) is 17.0 Å². The van der Waals surface area contributed by atoms with Gasteiger partial charge in [0, 0.05) is 31.9 Å². The normalized spacial score (nSPS) is 15.0. The van der Waals surface area contributed by atoms with E-state index < -0.39 is 10.2 Å². The molecule has 0 saturated heterocycles. The summed E-state index contributed by atoms with van der Waals surface area (Å²) in [5.74, 6) is 0.0868. The topological polar surface area (TPSA) is 95.5 Å². The summed E-state index contributed by atoms with van der Waals surface area (Å²) in [7, 11) is -0.418. The van der Waals surface area contributed by atoms with Crippen molar-refractivity contribution in [3.63, 3.8) is 0 Å². The fourth-order valence-electron chi connectivity index (χ4n) is 2.85. The molecule has 1 amide bonds. The molecule has 1 aliphatic rings. The summed E-state index contributed by atoms with van der Waals surface area (Å²) in [6.45, 7) is 0.669. The van der Waals surface area contributed by atoms with Crippen molar-refractivity contribution in [2.45, 2.75) is 17.3 Å². The first-order chi connectivity index (χ1) is 13.8. The highest BCUT2D eigenvalue weighted by molar-refractivity contribution is 8.01. The van der Waals surface area contributed by atoms with E-state index >= 15 is 0 Å². The van der Waals surface area contributed by atoms with E-state index in [-0.39, 0.29) is 18.2 Å².